The van der Waals surface area contributed by atoms with Crippen LogP contribution in [0.2, 0.25) is 0 Å². The summed E-state index contributed by atoms with van der Waals surface area (Å²) in [5.41, 5.74) is -1.73. The molecule has 5 heterocycles. The molecule has 10 nitrogen and oxygen atoms in total. The van der Waals surface area contributed by atoms with Crippen molar-refractivity contribution in [2.75, 3.05) is 7.11 Å². The summed E-state index contributed by atoms with van der Waals surface area (Å²) in [7, 11) is 1.26. The average molecular weight is 460 g/mol. The SMILES string of the molecule is C=C(C=O)[C@@H]1Cc2oc(cc2C(=O)OC)[C@H]2O[C@]2(C)C[C@@H]2OC(=O)C3(O[C@@H]23)[C@@H](OC(C)=O)C1. The number of epoxide rings is 2. The Bertz CT molecular complexity index is 1070. The Kier molecular flexibility index (Phi) is 4.81. The molecule has 4 bridgehead atoms. The van der Waals surface area contributed by atoms with Crippen LogP contribution >= 0.6 is 0 Å². The summed E-state index contributed by atoms with van der Waals surface area (Å²) in [6.07, 6.45) is -1.62. The van der Waals surface area contributed by atoms with Crippen molar-refractivity contribution < 1.29 is 47.3 Å². The third kappa shape index (κ3) is 3.31. The van der Waals surface area contributed by atoms with E-state index in [0.717, 1.165) is 0 Å². The molecule has 10 heteroatoms. The highest BCUT2D eigenvalue weighted by Crippen LogP contribution is 2.59. The van der Waals surface area contributed by atoms with Crippen molar-refractivity contribution in [3.8, 4) is 0 Å². The van der Waals surface area contributed by atoms with Gasteiger partial charge in [-0.05, 0) is 30.9 Å². The normalized spacial score (nSPS) is 38.3. The number of aldehydes is 1. The fourth-order valence-electron chi connectivity index (χ4n) is 5.14. The first-order valence-electron chi connectivity index (χ1n) is 10.7. The van der Waals surface area contributed by atoms with Crippen LogP contribution in [0.1, 0.15) is 54.7 Å². The first-order chi connectivity index (χ1) is 15.6. The lowest BCUT2D eigenvalue weighted by atomic mass is 9.83. The summed E-state index contributed by atoms with van der Waals surface area (Å²) in [6, 6.07) is 1.58. The molecule has 4 aliphatic heterocycles. The van der Waals surface area contributed by atoms with Gasteiger partial charge >= 0.3 is 17.9 Å². The molecule has 1 aromatic rings. The largest absolute Gasteiger partial charge is 0.465 e. The van der Waals surface area contributed by atoms with Gasteiger partial charge in [-0.1, -0.05) is 6.58 Å². The molecule has 3 saturated heterocycles. The van der Waals surface area contributed by atoms with E-state index >= 15 is 0 Å². The molecule has 0 amide bonds. The zero-order valence-corrected chi connectivity index (χ0v) is 18.5. The van der Waals surface area contributed by atoms with Crippen LogP contribution in [0.4, 0.5) is 0 Å². The number of rotatable bonds is 4. The van der Waals surface area contributed by atoms with E-state index in [9.17, 15) is 19.2 Å². The van der Waals surface area contributed by atoms with Gasteiger partial charge in [-0.2, -0.15) is 0 Å². The fourth-order valence-corrected chi connectivity index (χ4v) is 5.14. The van der Waals surface area contributed by atoms with E-state index in [2.05, 4.69) is 6.58 Å². The predicted octanol–water partition coefficient (Wildman–Crippen LogP) is 1.60. The molecule has 4 aliphatic rings. The summed E-state index contributed by atoms with van der Waals surface area (Å²) in [5, 5.41) is 0. The molecular formula is C23H24O10. The number of allylic oxidation sites excluding steroid dienone is 1. The number of fused-ring (bicyclic) bond motifs is 4. The Morgan fingerprint density at radius 3 is 2.70 bits per heavy atom. The first-order valence-corrected chi connectivity index (χ1v) is 10.7. The maximum atomic E-state index is 12.9. The smallest absolute Gasteiger partial charge is 0.345 e. The van der Waals surface area contributed by atoms with Gasteiger partial charge in [0.25, 0.3) is 0 Å². The van der Waals surface area contributed by atoms with Crippen LogP contribution in [-0.4, -0.2) is 60.8 Å². The minimum absolute atomic E-state index is 0.0450. The fraction of sp³-hybridized carbons (Fsp3) is 0.565. The lowest BCUT2D eigenvalue weighted by Crippen LogP contribution is -2.42. The van der Waals surface area contributed by atoms with Gasteiger partial charge in [0, 0.05) is 19.8 Å². The third-order valence-corrected chi connectivity index (χ3v) is 6.98. The van der Waals surface area contributed by atoms with E-state index in [1.807, 2.05) is 6.92 Å². The van der Waals surface area contributed by atoms with E-state index < -0.39 is 59.4 Å². The Morgan fingerprint density at radius 2 is 2.06 bits per heavy atom. The van der Waals surface area contributed by atoms with Crippen LogP contribution in [0.5, 0.6) is 0 Å². The molecule has 33 heavy (non-hydrogen) atoms. The summed E-state index contributed by atoms with van der Waals surface area (Å²) in [5.74, 6) is -1.69. The molecule has 1 aromatic heterocycles. The summed E-state index contributed by atoms with van der Waals surface area (Å²) in [6.45, 7) is 6.90. The quantitative estimate of drug-likeness (QED) is 0.214. The molecule has 0 aromatic carbocycles. The molecule has 7 atom stereocenters. The number of carbonyl (C=O) groups is 4. The highest BCUT2D eigenvalue weighted by molar-refractivity contribution is 5.91. The van der Waals surface area contributed by atoms with Gasteiger partial charge in [0.1, 0.15) is 53.4 Å². The Hall–Kier alpha value is -2.98. The number of furan rings is 1. The van der Waals surface area contributed by atoms with Crippen molar-refractivity contribution in [3.63, 3.8) is 0 Å². The van der Waals surface area contributed by atoms with Gasteiger partial charge in [0.05, 0.1) is 7.11 Å². The van der Waals surface area contributed by atoms with Crippen LogP contribution in [0.15, 0.2) is 22.6 Å². The van der Waals surface area contributed by atoms with Crippen LogP contribution in [0, 0.1) is 5.92 Å². The number of ether oxygens (including phenoxy) is 5. The molecule has 176 valence electrons. The standard InChI is InChI=1S/C23H24O10/c1-10(9-24)12-5-14-13(20(26)28-4)7-15(30-14)18-22(3,32-18)8-16-19-23(33-19,21(27)31-16)17(6-12)29-11(2)25/h7,9,12,16-19H,1,5-6,8H2,2-4H3/t12-,16+,17+,18-,19+,22-,23?/m1/s1. The molecule has 1 unspecified atom stereocenters. The van der Waals surface area contributed by atoms with Crippen molar-refractivity contribution in [2.45, 2.75) is 68.7 Å². The maximum Gasteiger partial charge on any atom is 0.345 e. The van der Waals surface area contributed by atoms with Gasteiger partial charge in [0.2, 0.25) is 5.60 Å². The van der Waals surface area contributed by atoms with Gasteiger partial charge < -0.3 is 28.1 Å². The van der Waals surface area contributed by atoms with Crippen LogP contribution < -0.4 is 0 Å². The second kappa shape index (κ2) is 7.26. The highest BCUT2D eigenvalue weighted by Gasteiger charge is 2.79. The van der Waals surface area contributed by atoms with Crippen molar-refractivity contribution in [2.24, 2.45) is 5.92 Å². The molecule has 0 N–H and O–H groups in total. The first kappa shape index (κ1) is 21.8. The van der Waals surface area contributed by atoms with Crippen molar-refractivity contribution in [1.82, 2.24) is 0 Å². The van der Waals surface area contributed by atoms with Gasteiger partial charge in [-0.15, -0.1) is 0 Å². The highest BCUT2D eigenvalue weighted by atomic mass is 16.7. The van der Waals surface area contributed by atoms with E-state index in [1.54, 1.807) is 6.07 Å². The van der Waals surface area contributed by atoms with Gasteiger partial charge in [-0.25, -0.2) is 9.59 Å². The minimum Gasteiger partial charge on any atom is -0.465 e. The lowest BCUT2D eigenvalue weighted by molar-refractivity contribution is -0.165. The van der Waals surface area contributed by atoms with Gasteiger partial charge in [-0.3, -0.25) is 9.59 Å². The molecule has 3 fully saturated rings. The van der Waals surface area contributed by atoms with E-state index in [-0.39, 0.29) is 24.0 Å². The molecule has 0 saturated carbocycles. The van der Waals surface area contributed by atoms with E-state index in [0.29, 0.717) is 24.2 Å². The Labute approximate surface area is 189 Å². The lowest BCUT2D eigenvalue weighted by Gasteiger charge is -2.25. The van der Waals surface area contributed by atoms with E-state index in [1.165, 1.54) is 14.0 Å². The summed E-state index contributed by atoms with van der Waals surface area (Å²) < 4.78 is 33.8. The number of methoxy groups -OCH3 is 1. The van der Waals surface area contributed by atoms with Crippen molar-refractivity contribution in [1.29, 1.82) is 0 Å². The average Bonchev–Trinajstić information content (AvgIpc) is 3.59. The van der Waals surface area contributed by atoms with Crippen LogP contribution in [0.25, 0.3) is 0 Å². The topological polar surface area (TPSA) is 134 Å². The Morgan fingerprint density at radius 1 is 1.30 bits per heavy atom. The van der Waals surface area contributed by atoms with E-state index in [4.69, 9.17) is 28.1 Å². The number of esters is 3. The second-order valence-electron chi connectivity index (χ2n) is 9.19. The molecule has 0 radical (unpaired) electrons. The molecular weight excluding hydrogens is 436 g/mol. The number of hydrogen-bond acceptors (Lipinski definition) is 10. The molecule has 5 rings (SSSR count). The minimum atomic E-state index is -1.44. The monoisotopic (exact) mass is 460 g/mol. The molecule has 0 aliphatic carbocycles. The Balaban J connectivity index is 1.59. The number of hydrogen-bond donors (Lipinski definition) is 0. The zero-order valence-electron chi connectivity index (χ0n) is 18.5. The molecule has 0 spiro atoms. The third-order valence-electron chi connectivity index (χ3n) is 6.98. The maximum absolute atomic E-state index is 12.9. The predicted molar refractivity (Wildman–Crippen MR) is 107 cm³/mol. The van der Waals surface area contributed by atoms with Crippen molar-refractivity contribution >= 4 is 24.2 Å². The summed E-state index contributed by atoms with van der Waals surface area (Å²) in [4.78, 5) is 48.9. The zero-order chi connectivity index (χ0) is 23.7. The van der Waals surface area contributed by atoms with Crippen molar-refractivity contribution in [3.05, 3.63) is 35.3 Å². The van der Waals surface area contributed by atoms with Gasteiger partial charge in [0.15, 0.2) is 0 Å². The number of carbonyl (C=O) groups excluding carboxylic acids is 4. The second-order valence-corrected chi connectivity index (χ2v) is 9.19. The van der Waals surface area contributed by atoms with Crippen LogP contribution in [0.3, 0.4) is 0 Å². The summed E-state index contributed by atoms with van der Waals surface area (Å²) >= 11 is 0. The van der Waals surface area contributed by atoms with Crippen LogP contribution in [-0.2, 0) is 44.5 Å².